The van der Waals surface area contributed by atoms with E-state index in [1.165, 1.54) is 116 Å². The highest BCUT2D eigenvalue weighted by Crippen LogP contribution is 2.28. The molecule has 236 valence electrons. The monoisotopic (exact) mass is 565 g/mol. The van der Waals surface area contributed by atoms with Crippen LogP contribution in [0.5, 0.6) is 0 Å². The highest BCUT2D eigenvalue weighted by atomic mass is 16.5. The van der Waals surface area contributed by atoms with Crippen molar-refractivity contribution in [2.45, 2.75) is 180 Å². The van der Waals surface area contributed by atoms with Gasteiger partial charge in [0, 0.05) is 12.3 Å². The summed E-state index contributed by atoms with van der Waals surface area (Å²) >= 11 is 0. The van der Waals surface area contributed by atoms with Gasteiger partial charge in [-0.2, -0.15) is 0 Å². The predicted octanol–water partition coefficient (Wildman–Crippen LogP) is 9.15. The molecule has 0 amide bonds. The van der Waals surface area contributed by atoms with E-state index in [-0.39, 0.29) is 17.9 Å². The molecule has 2 N–H and O–H groups in total. The molecule has 5 nitrogen and oxygen atoms in total. The molecule has 1 unspecified atom stereocenters. The number of nitrogens with zero attached hydrogens (tertiary/aromatic N) is 1. The van der Waals surface area contributed by atoms with Crippen molar-refractivity contribution in [1.82, 2.24) is 4.90 Å². The van der Waals surface area contributed by atoms with Crippen LogP contribution in [-0.4, -0.2) is 48.9 Å². The SMILES string of the molecule is CCCCCCCCCOC(=O)CCCCCCCN(CCCCCCCC)CCCCC(N)C(=O)C1CCC1. The third-order valence-corrected chi connectivity index (χ3v) is 8.81. The first-order valence-corrected chi connectivity index (χ1v) is 17.8. The molecule has 1 saturated carbocycles. The smallest absolute Gasteiger partial charge is 0.305 e. The second-order valence-electron chi connectivity index (χ2n) is 12.6. The number of esters is 1. The third kappa shape index (κ3) is 20.9. The van der Waals surface area contributed by atoms with Crippen LogP contribution >= 0.6 is 0 Å². The van der Waals surface area contributed by atoms with Gasteiger partial charge in [0.1, 0.15) is 0 Å². The van der Waals surface area contributed by atoms with Crippen LogP contribution in [0.4, 0.5) is 0 Å². The second kappa shape index (κ2) is 26.9. The van der Waals surface area contributed by atoms with Gasteiger partial charge in [0.05, 0.1) is 12.6 Å². The summed E-state index contributed by atoms with van der Waals surface area (Å²) in [6.45, 7) is 8.62. The first kappa shape index (κ1) is 37.1. The van der Waals surface area contributed by atoms with Crippen LogP contribution in [0.1, 0.15) is 174 Å². The molecule has 0 saturated heterocycles. The van der Waals surface area contributed by atoms with E-state index in [9.17, 15) is 9.59 Å². The molecule has 1 fully saturated rings. The van der Waals surface area contributed by atoms with Crippen LogP contribution in [0.25, 0.3) is 0 Å². The molecule has 0 bridgehead atoms. The van der Waals surface area contributed by atoms with Gasteiger partial charge in [-0.15, -0.1) is 0 Å². The van der Waals surface area contributed by atoms with E-state index in [4.69, 9.17) is 10.5 Å². The number of nitrogens with two attached hydrogens (primary N) is 1. The number of Topliss-reactive ketones (excluding diaryl/α,β-unsaturated/α-hetero) is 1. The van der Waals surface area contributed by atoms with Gasteiger partial charge in [0.15, 0.2) is 5.78 Å². The molecule has 1 atom stereocenters. The number of carbonyl (C=O) groups is 2. The molecule has 1 aliphatic rings. The zero-order chi connectivity index (χ0) is 29.1. The average molecular weight is 565 g/mol. The maximum absolute atomic E-state index is 12.3. The van der Waals surface area contributed by atoms with Gasteiger partial charge in [-0.25, -0.2) is 0 Å². The zero-order valence-corrected chi connectivity index (χ0v) is 26.9. The maximum Gasteiger partial charge on any atom is 0.305 e. The molecule has 0 aromatic carbocycles. The Balaban J connectivity index is 2.10. The molecule has 0 aliphatic heterocycles. The van der Waals surface area contributed by atoms with Crippen molar-refractivity contribution < 1.29 is 14.3 Å². The summed E-state index contributed by atoms with van der Waals surface area (Å²) < 4.78 is 5.42. The summed E-state index contributed by atoms with van der Waals surface area (Å²) in [6, 6.07) is -0.241. The summed E-state index contributed by atoms with van der Waals surface area (Å²) in [5.41, 5.74) is 6.20. The van der Waals surface area contributed by atoms with Crippen LogP contribution in [0.3, 0.4) is 0 Å². The first-order valence-electron chi connectivity index (χ1n) is 17.8. The van der Waals surface area contributed by atoms with E-state index in [0.717, 1.165) is 57.9 Å². The van der Waals surface area contributed by atoms with E-state index < -0.39 is 0 Å². The molecule has 0 spiro atoms. The van der Waals surface area contributed by atoms with Gasteiger partial charge in [-0.3, -0.25) is 9.59 Å². The van der Waals surface area contributed by atoms with Crippen molar-refractivity contribution >= 4 is 11.8 Å². The lowest BCUT2D eigenvalue weighted by atomic mass is 9.79. The highest BCUT2D eigenvalue weighted by Gasteiger charge is 2.28. The van der Waals surface area contributed by atoms with Crippen LogP contribution in [-0.2, 0) is 14.3 Å². The number of rotatable bonds is 30. The molecule has 1 rings (SSSR count). The Bertz CT molecular complexity index is 593. The fourth-order valence-electron chi connectivity index (χ4n) is 5.74. The lowest BCUT2D eigenvalue weighted by Gasteiger charge is -2.27. The fraction of sp³-hybridized carbons (Fsp3) is 0.943. The second-order valence-corrected chi connectivity index (χ2v) is 12.6. The van der Waals surface area contributed by atoms with E-state index in [0.29, 0.717) is 18.8 Å². The Morgan fingerprint density at radius 3 is 1.68 bits per heavy atom. The maximum atomic E-state index is 12.3. The van der Waals surface area contributed by atoms with Crippen molar-refractivity contribution in [2.75, 3.05) is 26.2 Å². The Morgan fingerprint density at radius 2 is 1.15 bits per heavy atom. The van der Waals surface area contributed by atoms with Gasteiger partial charge in [-0.05, 0) is 71.0 Å². The van der Waals surface area contributed by atoms with Crippen molar-refractivity contribution in [1.29, 1.82) is 0 Å². The number of hydrogen-bond donors (Lipinski definition) is 1. The normalized spacial score (nSPS) is 14.4. The molecular formula is C35H68N2O3. The number of ether oxygens (including phenoxy) is 1. The molecule has 0 heterocycles. The number of unbranched alkanes of at least 4 members (excludes halogenated alkanes) is 16. The van der Waals surface area contributed by atoms with E-state index in [1.807, 2.05) is 0 Å². The number of hydrogen-bond acceptors (Lipinski definition) is 5. The minimum absolute atomic E-state index is 0.00907. The van der Waals surface area contributed by atoms with Gasteiger partial charge >= 0.3 is 5.97 Å². The number of ketones is 1. The standard InChI is InChI=1S/C35H68N2O3/c1-3-5-7-9-11-16-22-31-40-34(38)27-17-13-12-15-20-29-37(28-19-14-10-8-6-4-2)30-21-18-26-33(36)35(39)32-24-23-25-32/h32-33H,3-31,36H2,1-2H3. The van der Waals surface area contributed by atoms with Gasteiger partial charge in [0.25, 0.3) is 0 Å². The summed E-state index contributed by atoms with van der Waals surface area (Å²) in [4.78, 5) is 27.0. The third-order valence-electron chi connectivity index (χ3n) is 8.81. The minimum Gasteiger partial charge on any atom is -0.466 e. The van der Waals surface area contributed by atoms with Crippen molar-refractivity contribution in [3.8, 4) is 0 Å². The van der Waals surface area contributed by atoms with E-state index in [2.05, 4.69) is 18.7 Å². The average Bonchev–Trinajstić information content (AvgIpc) is 2.92. The van der Waals surface area contributed by atoms with Crippen LogP contribution in [0.15, 0.2) is 0 Å². The topological polar surface area (TPSA) is 72.6 Å². The minimum atomic E-state index is -0.241. The molecule has 0 radical (unpaired) electrons. The van der Waals surface area contributed by atoms with Gasteiger partial charge in [-0.1, -0.05) is 117 Å². The van der Waals surface area contributed by atoms with Gasteiger partial charge < -0.3 is 15.4 Å². The summed E-state index contributed by atoms with van der Waals surface area (Å²) in [5.74, 6) is 0.571. The zero-order valence-electron chi connectivity index (χ0n) is 26.9. The molecule has 40 heavy (non-hydrogen) atoms. The van der Waals surface area contributed by atoms with Crippen molar-refractivity contribution in [3.63, 3.8) is 0 Å². The summed E-state index contributed by atoms with van der Waals surface area (Å²) in [5, 5.41) is 0. The van der Waals surface area contributed by atoms with E-state index >= 15 is 0 Å². The Labute approximate surface area is 249 Å². The van der Waals surface area contributed by atoms with Crippen LogP contribution < -0.4 is 5.73 Å². The van der Waals surface area contributed by atoms with Crippen LogP contribution in [0.2, 0.25) is 0 Å². The first-order chi connectivity index (χ1) is 19.6. The van der Waals surface area contributed by atoms with Gasteiger partial charge in [0.2, 0.25) is 0 Å². The molecule has 1 aliphatic carbocycles. The lowest BCUT2D eigenvalue weighted by Crippen LogP contribution is -2.38. The number of carbonyl (C=O) groups excluding carboxylic acids is 2. The predicted molar refractivity (Wildman–Crippen MR) is 171 cm³/mol. The summed E-state index contributed by atoms with van der Waals surface area (Å²) in [6.07, 6.45) is 29.5. The van der Waals surface area contributed by atoms with Crippen molar-refractivity contribution in [3.05, 3.63) is 0 Å². The Hall–Kier alpha value is -0.940. The lowest BCUT2D eigenvalue weighted by molar-refractivity contribution is -0.143. The fourth-order valence-corrected chi connectivity index (χ4v) is 5.74. The van der Waals surface area contributed by atoms with E-state index in [1.54, 1.807) is 0 Å². The molecule has 0 aromatic heterocycles. The molecule has 5 heteroatoms. The van der Waals surface area contributed by atoms with Crippen molar-refractivity contribution in [2.24, 2.45) is 11.7 Å². The van der Waals surface area contributed by atoms with Crippen LogP contribution in [0, 0.1) is 5.92 Å². The highest BCUT2D eigenvalue weighted by molar-refractivity contribution is 5.86. The quantitative estimate of drug-likeness (QED) is 0.0695. The summed E-state index contributed by atoms with van der Waals surface area (Å²) in [7, 11) is 0. The largest absolute Gasteiger partial charge is 0.466 e. The molecular weight excluding hydrogens is 496 g/mol. The molecule has 0 aromatic rings. The Morgan fingerprint density at radius 1 is 0.675 bits per heavy atom. The Kier molecular flexibility index (Phi) is 25.0.